The third-order valence-electron chi connectivity index (χ3n) is 4.06. The van der Waals surface area contributed by atoms with Crippen LogP contribution in [0.25, 0.3) is 0 Å². The van der Waals surface area contributed by atoms with Gasteiger partial charge in [-0.25, -0.2) is 0 Å². The van der Waals surface area contributed by atoms with Crippen LogP contribution in [-0.4, -0.2) is 17.7 Å². The number of aryl methyl sites for hydroxylation is 1. The number of carbonyl (C=O) groups is 1. The molecule has 0 heterocycles. The summed E-state index contributed by atoms with van der Waals surface area (Å²) in [5, 5.41) is 9.51. The molecule has 1 atom stereocenters. The predicted molar refractivity (Wildman–Crippen MR) is 92.2 cm³/mol. The van der Waals surface area contributed by atoms with Crippen LogP contribution in [0.3, 0.4) is 0 Å². The minimum Gasteiger partial charge on any atom is -0.494 e. The highest BCUT2D eigenvalue weighted by Gasteiger charge is 2.21. The van der Waals surface area contributed by atoms with Gasteiger partial charge >= 0.3 is 5.97 Å². The zero-order valence-corrected chi connectivity index (χ0v) is 14.0. The number of ether oxygens (including phenoxy) is 1. The molecule has 2 rings (SSSR count). The van der Waals surface area contributed by atoms with Crippen molar-refractivity contribution < 1.29 is 14.6 Å². The summed E-state index contributed by atoms with van der Waals surface area (Å²) in [7, 11) is 0. The molecule has 2 aromatic carbocycles. The molecular weight excluding hydrogens is 288 g/mol. The van der Waals surface area contributed by atoms with Crippen LogP contribution in [0, 0.1) is 6.92 Å². The van der Waals surface area contributed by atoms with Gasteiger partial charge in [-0.3, -0.25) is 4.79 Å². The highest BCUT2D eigenvalue weighted by molar-refractivity contribution is 5.76. The first-order valence-electron chi connectivity index (χ1n) is 8.00. The second-order valence-corrected chi connectivity index (χ2v) is 6.11. The van der Waals surface area contributed by atoms with Crippen LogP contribution in [0.4, 0.5) is 0 Å². The summed E-state index contributed by atoms with van der Waals surface area (Å²) in [6.07, 6.45) is 0.450. The van der Waals surface area contributed by atoms with Gasteiger partial charge in [0.25, 0.3) is 0 Å². The Morgan fingerprint density at radius 2 is 1.87 bits per heavy atom. The average Bonchev–Trinajstić information content (AvgIpc) is 2.52. The molecule has 0 saturated carbocycles. The summed E-state index contributed by atoms with van der Waals surface area (Å²) in [5.74, 6) is -0.106. The predicted octanol–water partition coefficient (Wildman–Crippen LogP) is 4.76. The average molecular weight is 312 g/mol. The van der Waals surface area contributed by atoms with Gasteiger partial charge < -0.3 is 9.84 Å². The lowest BCUT2D eigenvalue weighted by atomic mass is 9.92. The van der Waals surface area contributed by atoms with E-state index in [1.165, 1.54) is 5.56 Å². The molecule has 3 nitrogen and oxygen atoms in total. The quantitative estimate of drug-likeness (QED) is 0.802. The first-order valence-corrected chi connectivity index (χ1v) is 8.00. The van der Waals surface area contributed by atoms with E-state index in [9.17, 15) is 9.90 Å². The molecule has 0 bridgehead atoms. The number of hydrogen-bond acceptors (Lipinski definition) is 2. The summed E-state index contributed by atoms with van der Waals surface area (Å²) in [5.41, 5.74) is 3.08. The van der Waals surface area contributed by atoms with E-state index in [2.05, 4.69) is 19.9 Å². The summed E-state index contributed by atoms with van der Waals surface area (Å²) in [6.45, 7) is 6.60. The molecule has 0 spiro atoms. The Bertz CT molecular complexity index is 661. The van der Waals surface area contributed by atoms with E-state index in [0.29, 0.717) is 18.9 Å². The summed E-state index contributed by atoms with van der Waals surface area (Å²) < 4.78 is 5.78. The maximum atomic E-state index is 11.6. The van der Waals surface area contributed by atoms with E-state index in [4.69, 9.17) is 4.74 Å². The van der Waals surface area contributed by atoms with Crippen LogP contribution in [-0.2, 0) is 4.79 Å². The molecule has 3 heteroatoms. The number of hydrogen-bond donors (Lipinski definition) is 1. The van der Waals surface area contributed by atoms with Crippen LogP contribution < -0.4 is 4.74 Å². The van der Waals surface area contributed by atoms with E-state index >= 15 is 0 Å². The Hall–Kier alpha value is -2.29. The largest absolute Gasteiger partial charge is 0.494 e. The van der Waals surface area contributed by atoms with Gasteiger partial charge in [-0.15, -0.1) is 0 Å². The van der Waals surface area contributed by atoms with Crippen LogP contribution in [0.15, 0.2) is 48.5 Å². The van der Waals surface area contributed by atoms with Gasteiger partial charge in [-0.2, -0.15) is 0 Å². The number of carboxylic acid groups (broad SMARTS) is 1. The van der Waals surface area contributed by atoms with Crippen LogP contribution in [0.5, 0.6) is 5.75 Å². The molecule has 1 unspecified atom stereocenters. The number of aliphatic carboxylic acids is 1. The smallest absolute Gasteiger partial charge is 0.311 e. The molecule has 0 fully saturated rings. The second-order valence-electron chi connectivity index (χ2n) is 6.11. The van der Waals surface area contributed by atoms with Gasteiger partial charge in [0, 0.05) is 0 Å². The zero-order chi connectivity index (χ0) is 16.8. The minimum atomic E-state index is -0.807. The molecular formula is C20H24O3. The first-order chi connectivity index (χ1) is 11.0. The summed E-state index contributed by atoms with van der Waals surface area (Å²) in [4.78, 5) is 11.6. The molecule has 2 aromatic rings. The Morgan fingerprint density at radius 3 is 2.52 bits per heavy atom. The lowest BCUT2D eigenvalue weighted by Crippen LogP contribution is -2.16. The molecule has 1 N–H and O–H groups in total. The molecule has 0 aliphatic heterocycles. The molecule has 0 aliphatic rings. The fourth-order valence-electron chi connectivity index (χ4n) is 2.65. The van der Waals surface area contributed by atoms with Crippen LogP contribution >= 0.6 is 0 Å². The van der Waals surface area contributed by atoms with Gasteiger partial charge in [0.05, 0.1) is 12.5 Å². The van der Waals surface area contributed by atoms with Gasteiger partial charge in [0.15, 0.2) is 0 Å². The summed E-state index contributed by atoms with van der Waals surface area (Å²) in [6, 6.07) is 15.6. The Labute approximate surface area is 137 Å². The topological polar surface area (TPSA) is 46.5 Å². The molecule has 23 heavy (non-hydrogen) atoms. The fraction of sp³-hybridized carbons (Fsp3) is 0.350. The number of carboxylic acids is 1. The third kappa shape index (κ3) is 4.59. The first kappa shape index (κ1) is 17.1. The van der Waals surface area contributed by atoms with E-state index < -0.39 is 11.9 Å². The van der Waals surface area contributed by atoms with Crippen molar-refractivity contribution in [1.82, 2.24) is 0 Å². The van der Waals surface area contributed by atoms with Crippen molar-refractivity contribution in [1.29, 1.82) is 0 Å². The zero-order valence-electron chi connectivity index (χ0n) is 14.0. The van der Waals surface area contributed by atoms with Crippen molar-refractivity contribution in [3.63, 3.8) is 0 Å². The van der Waals surface area contributed by atoms with Crippen molar-refractivity contribution in [2.45, 2.75) is 39.0 Å². The number of benzene rings is 2. The van der Waals surface area contributed by atoms with Crippen molar-refractivity contribution in [3.8, 4) is 5.75 Å². The van der Waals surface area contributed by atoms with Crippen LogP contribution in [0.2, 0.25) is 0 Å². The van der Waals surface area contributed by atoms with Crippen molar-refractivity contribution in [3.05, 3.63) is 65.2 Å². The standard InChI is InChI=1S/C20H24O3/c1-14(2)16-8-6-9-17(13-16)23-12-11-19(20(21)22)18-10-5-4-7-15(18)3/h4-10,13-14,19H,11-12H2,1-3H3,(H,21,22). The van der Waals surface area contributed by atoms with Gasteiger partial charge in [0.2, 0.25) is 0 Å². The Balaban J connectivity index is 2.02. The van der Waals surface area contributed by atoms with Crippen LogP contribution in [0.1, 0.15) is 48.8 Å². The molecule has 122 valence electrons. The molecule has 0 radical (unpaired) electrons. The molecule has 0 aliphatic carbocycles. The van der Waals surface area contributed by atoms with Gasteiger partial charge in [0.1, 0.15) is 5.75 Å². The SMILES string of the molecule is Cc1ccccc1C(CCOc1cccc(C(C)C)c1)C(=O)O. The monoisotopic (exact) mass is 312 g/mol. The van der Waals surface area contributed by atoms with Crippen molar-refractivity contribution >= 4 is 5.97 Å². The highest BCUT2D eigenvalue weighted by Crippen LogP contribution is 2.25. The fourth-order valence-corrected chi connectivity index (χ4v) is 2.65. The maximum Gasteiger partial charge on any atom is 0.311 e. The lowest BCUT2D eigenvalue weighted by molar-refractivity contribution is -0.139. The van der Waals surface area contributed by atoms with Gasteiger partial charge in [-0.1, -0.05) is 50.2 Å². The third-order valence-corrected chi connectivity index (χ3v) is 4.06. The Kier molecular flexibility index (Phi) is 5.80. The molecule has 0 aromatic heterocycles. The van der Waals surface area contributed by atoms with E-state index in [1.807, 2.05) is 49.4 Å². The summed E-state index contributed by atoms with van der Waals surface area (Å²) >= 11 is 0. The van der Waals surface area contributed by atoms with Gasteiger partial charge in [-0.05, 0) is 48.1 Å². The Morgan fingerprint density at radius 1 is 1.13 bits per heavy atom. The van der Waals surface area contributed by atoms with Crippen molar-refractivity contribution in [2.24, 2.45) is 0 Å². The minimum absolute atomic E-state index is 0.382. The molecule has 0 saturated heterocycles. The van der Waals surface area contributed by atoms with Crippen molar-refractivity contribution in [2.75, 3.05) is 6.61 Å². The normalized spacial score (nSPS) is 12.2. The highest BCUT2D eigenvalue weighted by atomic mass is 16.5. The lowest BCUT2D eigenvalue weighted by Gasteiger charge is -2.16. The number of rotatable bonds is 7. The second kappa shape index (κ2) is 7.82. The van der Waals surface area contributed by atoms with E-state index in [1.54, 1.807) is 0 Å². The maximum absolute atomic E-state index is 11.6. The van der Waals surface area contributed by atoms with E-state index in [-0.39, 0.29) is 0 Å². The molecule has 0 amide bonds. The van der Waals surface area contributed by atoms with E-state index in [0.717, 1.165) is 16.9 Å².